The minimum absolute atomic E-state index is 0.510. The van der Waals surface area contributed by atoms with Gasteiger partial charge in [0.1, 0.15) is 6.10 Å². The number of hydrogen-bond acceptors (Lipinski definition) is 5. The topological polar surface area (TPSA) is 47.9 Å². The monoisotopic (exact) mass is 358 g/mol. The van der Waals surface area contributed by atoms with Crippen molar-refractivity contribution in [2.24, 2.45) is 0 Å². The van der Waals surface area contributed by atoms with Crippen LogP contribution in [-0.2, 0) is 0 Å². The number of hydrogen-bond donors (Lipinski definition) is 1. The minimum atomic E-state index is -0.760. The molecular weight excluding hydrogens is 344 g/mol. The van der Waals surface area contributed by atoms with E-state index in [1.807, 2.05) is 10.8 Å². The van der Waals surface area contributed by atoms with Crippen LogP contribution in [0.3, 0.4) is 0 Å². The van der Waals surface area contributed by atoms with Crippen molar-refractivity contribution in [1.82, 2.24) is 0 Å². The zero-order chi connectivity index (χ0) is 14.7. The fourth-order valence-corrected chi connectivity index (χ4v) is 3.46. The number of thiophene rings is 1. The van der Waals surface area contributed by atoms with E-state index in [4.69, 9.17) is 14.2 Å². The fraction of sp³-hybridized carbons (Fsp3) is 0.286. The summed E-state index contributed by atoms with van der Waals surface area (Å²) in [4.78, 5) is 0. The molecule has 6 heteroatoms. The number of aliphatic hydroxyl groups excluding tert-OH is 1. The Morgan fingerprint density at radius 2 is 1.65 bits per heavy atom. The largest absolute Gasteiger partial charge is 0.493 e. The zero-order valence-corrected chi connectivity index (χ0v) is 13.7. The van der Waals surface area contributed by atoms with Crippen molar-refractivity contribution in [3.05, 3.63) is 38.5 Å². The molecule has 1 aromatic heterocycles. The van der Waals surface area contributed by atoms with E-state index in [-0.39, 0.29) is 0 Å². The van der Waals surface area contributed by atoms with Crippen molar-refractivity contribution in [1.29, 1.82) is 0 Å². The molecule has 2 aromatic rings. The molecule has 1 heterocycles. The highest BCUT2D eigenvalue weighted by molar-refractivity contribution is 9.10. The summed E-state index contributed by atoms with van der Waals surface area (Å²) >= 11 is 4.95. The lowest BCUT2D eigenvalue weighted by molar-refractivity contribution is 0.218. The number of halogens is 1. The second-order valence-corrected chi connectivity index (χ2v) is 5.63. The van der Waals surface area contributed by atoms with Gasteiger partial charge in [-0.15, -0.1) is 0 Å². The van der Waals surface area contributed by atoms with Gasteiger partial charge < -0.3 is 19.3 Å². The van der Waals surface area contributed by atoms with E-state index in [2.05, 4.69) is 15.9 Å². The Balaban J connectivity index is 2.49. The van der Waals surface area contributed by atoms with Gasteiger partial charge in [-0.25, -0.2) is 0 Å². The predicted octanol–water partition coefficient (Wildman–Crippen LogP) is 3.62. The van der Waals surface area contributed by atoms with Gasteiger partial charge in [0.05, 0.1) is 21.3 Å². The number of methoxy groups -OCH3 is 3. The number of ether oxygens (including phenoxy) is 3. The van der Waals surface area contributed by atoms with Crippen LogP contribution in [0.15, 0.2) is 27.4 Å². The first-order valence-electron chi connectivity index (χ1n) is 5.82. The van der Waals surface area contributed by atoms with Gasteiger partial charge in [-0.2, -0.15) is 11.3 Å². The normalized spacial score (nSPS) is 12.1. The van der Waals surface area contributed by atoms with Gasteiger partial charge in [0.2, 0.25) is 5.75 Å². The van der Waals surface area contributed by atoms with Gasteiger partial charge in [0.25, 0.3) is 0 Å². The molecule has 0 radical (unpaired) electrons. The minimum Gasteiger partial charge on any atom is -0.493 e. The van der Waals surface area contributed by atoms with Crippen molar-refractivity contribution >= 4 is 27.3 Å². The predicted molar refractivity (Wildman–Crippen MR) is 82.2 cm³/mol. The van der Waals surface area contributed by atoms with Gasteiger partial charge in [-0.05, 0) is 39.0 Å². The average Bonchev–Trinajstić information content (AvgIpc) is 2.90. The smallest absolute Gasteiger partial charge is 0.203 e. The summed E-state index contributed by atoms with van der Waals surface area (Å²) in [6, 6.07) is 3.49. The Morgan fingerprint density at radius 3 is 2.05 bits per heavy atom. The third-order valence-electron chi connectivity index (χ3n) is 2.94. The maximum Gasteiger partial charge on any atom is 0.203 e. The lowest BCUT2D eigenvalue weighted by Gasteiger charge is -2.17. The van der Waals surface area contributed by atoms with Crippen molar-refractivity contribution in [3.63, 3.8) is 0 Å². The summed E-state index contributed by atoms with van der Waals surface area (Å²) in [5.74, 6) is 1.55. The molecule has 1 N–H and O–H groups in total. The Kier molecular flexibility index (Phi) is 4.91. The Morgan fingerprint density at radius 1 is 1.05 bits per heavy atom. The molecule has 0 bridgehead atoms. The molecule has 20 heavy (non-hydrogen) atoms. The van der Waals surface area contributed by atoms with Crippen LogP contribution in [0.5, 0.6) is 17.2 Å². The van der Waals surface area contributed by atoms with Gasteiger partial charge in [-0.1, -0.05) is 0 Å². The zero-order valence-electron chi connectivity index (χ0n) is 11.3. The Bertz CT molecular complexity index is 572. The SMILES string of the molecule is COc1cc(C(O)c2cscc2Br)cc(OC)c1OC. The highest BCUT2D eigenvalue weighted by atomic mass is 79.9. The van der Waals surface area contributed by atoms with Gasteiger partial charge >= 0.3 is 0 Å². The molecule has 4 nitrogen and oxygen atoms in total. The highest BCUT2D eigenvalue weighted by Crippen LogP contribution is 2.41. The number of aliphatic hydroxyl groups is 1. The van der Waals surface area contributed by atoms with E-state index < -0.39 is 6.10 Å². The van der Waals surface area contributed by atoms with Crippen LogP contribution in [0.4, 0.5) is 0 Å². The Labute approximate surface area is 130 Å². The third kappa shape index (κ3) is 2.77. The van der Waals surface area contributed by atoms with Crippen LogP contribution in [0.1, 0.15) is 17.2 Å². The van der Waals surface area contributed by atoms with Crippen molar-refractivity contribution in [2.75, 3.05) is 21.3 Å². The van der Waals surface area contributed by atoms with Crippen molar-refractivity contribution < 1.29 is 19.3 Å². The summed E-state index contributed by atoms with van der Waals surface area (Å²) < 4.78 is 16.7. The molecule has 1 atom stereocenters. The molecule has 0 aliphatic rings. The van der Waals surface area contributed by atoms with E-state index in [0.717, 1.165) is 10.0 Å². The van der Waals surface area contributed by atoms with Gasteiger partial charge in [-0.3, -0.25) is 0 Å². The molecule has 0 fully saturated rings. The van der Waals surface area contributed by atoms with Crippen LogP contribution in [-0.4, -0.2) is 26.4 Å². The van der Waals surface area contributed by atoms with Crippen LogP contribution < -0.4 is 14.2 Å². The molecule has 1 unspecified atom stereocenters. The summed E-state index contributed by atoms with van der Waals surface area (Å²) in [5.41, 5.74) is 1.49. The first-order chi connectivity index (χ1) is 9.62. The first-order valence-corrected chi connectivity index (χ1v) is 7.55. The second kappa shape index (κ2) is 6.47. The molecule has 0 spiro atoms. The highest BCUT2D eigenvalue weighted by Gasteiger charge is 2.20. The van der Waals surface area contributed by atoms with Crippen LogP contribution in [0.2, 0.25) is 0 Å². The summed E-state index contributed by atoms with van der Waals surface area (Å²) in [6.45, 7) is 0. The maximum absolute atomic E-state index is 10.5. The summed E-state index contributed by atoms with van der Waals surface area (Å²) in [5, 5.41) is 14.3. The standard InChI is InChI=1S/C14H15BrO4S/c1-17-11-4-8(5-12(18-2)14(11)19-3)13(16)9-6-20-7-10(9)15/h4-7,13,16H,1-3H3. The van der Waals surface area contributed by atoms with Crippen LogP contribution in [0.25, 0.3) is 0 Å². The maximum atomic E-state index is 10.5. The van der Waals surface area contributed by atoms with E-state index in [1.165, 1.54) is 11.3 Å². The van der Waals surface area contributed by atoms with Crippen molar-refractivity contribution in [2.45, 2.75) is 6.10 Å². The molecule has 108 valence electrons. The Hall–Kier alpha value is -1.24. The molecule has 0 saturated heterocycles. The average molecular weight is 359 g/mol. The number of benzene rings is 1. The molecule has 0 aliphatic heterocycles. The molecule has 0 aliphatic carbocycles. The quantitative estimate of drug-likeness (QED) is 0.886. The van der Waals surface area contributed by atoms with Gasteiger partial charge in [0.15, 0.2) is 11.5 Å². The second-order valence-electron chi connectivity index (χ2n) is 4.04. The van der Waals surface area contributed by atoms with E-state index in [9.17, 15) is 5.11 Å². The first kappa shape index (κ1) is 15.2. The van der Waals surface area contributed by atoms with E-state index >= 15 is 0 Å². The molecule has 0 saturated carbocycles. The molecule has 0 amide bonds. The van der Waals surface area contributed by atoms with Crippen LogP contribution >= 0.6 is 27.3 Å². The van der Waals surface area contributed by atoms with Gasteiger partial charge in [0, 0.05) is 15.4 Å². The molecule has 1 aromatic carbocycles. The van der Waals surface area contributed by atoms with Crippen LogP contribution in [0, 0.1) is 0 Å². The number of rotatable bonds is 5. The fourth-order valence-electron chi connectivity index (χ4n) is 1.93. The lowest BCUT2D eigenvalue weighted by atomic mass is 10.0. The molecule has 2 rings (SSSR count). The molecular formula is C14H15BrO4S. The van der Waals surface area contributed by atoms with E-state index in [1.54, 1.807) is 33.5 Å². The summed E-state index contributed by atoms with van der Waals surface area (Å²) in [7, 11) is 4.65. The van der Waals surface area contributed by atoms with E-state index in [0.29, 0.717) is 22.8 Å². The summed E-state index contributed by atoms with van der Waals surface area (Å²) in [6.07, 6.45) is -0.760. The lowest BCUT2D eigenvalue weighted by Crippen LogP contribution is -2.02. The van der Waals surface area contributed by atoms with Crippen molar-refractivity contribution in [3.8, 4) is 17.2 Å². The third-order valence-corrected chi connectivity index (χ3v) is 4.69.